The molecule has 1 aromatic carbocycles. The fourth-order valence-corrected chi connectivity index (χ4v) is 4.52. The molecular formula is C39H66N4O17. The van der Waals surface area contributed by atoms with E-state index in [1.165, 1.54) is 0 Å². The summed E-state index contributed by atoms with van der Waals surface area (Å²) in [5, 5.41) is 18.4. The van der Waals surface area contributed by atoms with Gasteiger partial charge in [0.05, 0.1) is 125 Å². The number of aliphatic carboxylic acids is 1. The topological polar surface area (TPSA) is 255 Å². The first kappa shape index (κ1) is 54.0. The molecule has 0 aliphatic rings. The quantitative estimate of drug-likeness (QED) is 0.0528. The second kappa shape index (κ2) is 40.4. The summed E-state index contributed by atoms with van der Waals surface area (Å²) >= 11 is 0. The monoisotopic (exact) mass is 862 g/mol. The molecule has 1 atom stereocenters. The van der Waals surface area contributed by atoms with Crippen LogP contribution in [0.3, 0.4) is 0 Å². The van der Waals surface area contributed by atoms with Crippen molar-refractivity contribution in [1.82, 2.24) is 21.3 Å². The third-order valence-corrected chi connectivity index (χ3v) is 7.56. The number of methoxy groups -OCH3 is 1. The zero-order valence-electron chi connectivity index (χ0n) is 34.8. The average Bonchev–Trinajstić information content (AvgIpc) is 3.24. The lowest BCUT2D eigenvalue weighted by molar-refractivity contribution is -0.137. The van der Waals surface area contributed by atoms with Crippen molar-refractivity contribution in [1.29, 1.82) is 0 Å². The number of carboxylic acids is 1. The van der Waals surface area contributed by atoms with Gasteiger partial charge in [0.2, 0.25) is 17.7 Å². The van der Waals surface area contributed by atoms with E-state index in [1.54, 1.807) is 31.4 Å². The lowest BCUT2D eigenvalue weighted by Crippen LogP contribution is -2.49. The summed E-state index contributed by atoms with van der Waals surface area (Å²) < 4.78 is 58.8. The Morgan fingerprint density at radius 3 is 1.48 bits per heavy atom. The van der Waals surface area contributed by atoms with Crippen molar-refractivity contribution >= 4 is 29.8 Å². The highest BCUT2D eigenvalue weighted by atomic mass is 16.6. The minimum Gasteiger partial charge on any atom is -0.480 e. The van der Waals surface area contributed by atoms with Gasteiger partial charge in [-0.15, -0.1) is 0 Å². The first-order chi connectivity index (χ1) is 29.3. The number of ether oxygens (including phenoxy) is 11. The summed E-state index contributed by atoms with van der Waals surface area (Å²) in [6.07, 6.45) is 0.265. The zero-order valence-corrected chi connectivity index (χ0v) is 34.8. The van der Waals surface area contributed by atoms with Crippen LogP contribution in [0, 0.1) is 0 Å². The average molecular weight is 863 g/mol. The second-order valence-corrected chi connectivity index (χ2v) is 12.4. The van der Waals surface area contributed by atoms with E-state index in [1.807, 2.05) is 6.07 Å². The summed E-state index contributed by atoms with van der Waals surface area (Å²) in [7, 11) is 1.63. The van der Waals surface area contributed by atoms with Crippen LogP contribution in [-0.2, 0) is 77.9 Å². The summed E-state index contributed by atoms with van der Waals surface area (Å²) in [5.74, 6) is -2.91. The van der Waals surface area contributed by atoms with Gasteiger partial charge in [0.15, 0.2) is 0 Å². The van der Waals surface area contributed by atoms with Crippen LogP contribution in [0.5, 0.6) is 0 Å². The first-order valence-corrected chi connectivity index (χ1v) is 20.0. The predicted octanol–water partition coefficient (Wildman–Crippen LogP) is -0.319. The molecule has 0 heterocycles. The van der Waals surface area contributed by atoms with Crippen LogP contribution in [0.1, 0.15) is 24.8 Å². The highest BCUT2D eigenvalue weighted by Crippen LogP contribution is 2.04. The summed E-state index contributed by atoms with van der Waals surface area (Å²) in [6, 6.07) is 7.93. The van der Waals surface area contributed by atoms with Gasteiger partial charge in [0, 0.05) is 13.7 Å². The number of carboxylic acid groups (broad SMARTS) is 1. The van der Waals surface area contributed by atoms with Crippen molar-refractivity contribution in [3.8, 4) is 0 Å². The van der Waals surface area contributed by atoms with E-state index in [0.717, 1.165) is 5.56 Å². The van der Waals surface area contributed by atoms with Gasteiger partial charge >= 0.3 is 12.1 Å². The molecule has 4 amide bonds. The number of carbonyl (C=O) groups excluding carboxylic acids is 4. The molecule has 21 heteroatoms. The SMILES string of the molecule is COCCOCCOCCOCCOCCOCCOCCOCCOCCOCC(=O)NCCCC[C@H](NC(=O)OCc1ccccc1)C(=O)NCC(=O)NCC(=O)O. The van der Waals surface area contributed by atoms with Gasteiger partial charge in [-0.3, -0.25) is 19.2 Å². The molecule has 1 rings (SSSR count). The van der Waals surface area contributed by atoms with Gasteiger partial charge in [-0.2, -0.15) is 0 Å². The van der Waals surface area contributed by atoms with E-state index in [9.17, 15) is 24.0 Å². The Bertz CT molecular complexity index is 1230. The van der Waals surface area contributed by atoms with Crippen LogP contribution in [0.4, 0.5) is 4.79 Å². The lowest BCUT2D eigenvalue weighted by atomic mass is 10.1. The highest BCUT2D eigenvalue weighted by molar-refractivity contribution is 5.90. The Kier molecular flexibility index (Phi) is 36.3. The summed E-state index contributed by atoms with van der Waals surface area (Å²) in [5.41, 5.74) is 0.755. The highest BCUT2D eigenvalue weighted by Gasteiger charge is 2.22. The van der Waals surface area contributed by atoms with Crippen LogP contribution >= 0.6 is 0 Å². The normalized spacial score (nSPS) is 11.5. The molecule has 0 saturated carbocycles. The maximum atomic E-state index is 12.8. The van der Waals surface area contributed by atoms with E-state index in [2.05, 4.69) is 21.3 Å². The number of hydrogen-bond donors (Lipinski definition) is 5. The van der Waals surface area contributed by atoms with Crippen molar-refractivity contribution in [3.05, 3.63) is 35.9 Å². The van der Waals surface area contributed by atoms with E-state index >= 15 is 0 Å². The summed E-state index contributed by atoms with van der Waals surface area (Å²) in [4.78, 5) is 59.8. The van der Waals surface area contributed by atoms with Crippen LogP contribution < -0.4 is 21.3 Å². The number of nitrogens with one attached hydrogen (secondary N) is 4. The molecule has 0 radical (unpaired) electrons. The zero-order chi connectivity index (χ0) is 43.6. The van der Waals surface area contributed by atoms with Crippen LogP contribution in [-0.4, -0.2) is 193 Å². The van der Waals surface area contributed by atoms with E-state index in [0.29, 0.717) is 125 Å². The molecule has 0 bridgehead atoms. The maximum absolute atomic E-state index is 12.8. The number of unbranched alkanes of at least 4 members (excludes halogenated alkanes) is 1. The van der Waals surface area contributed by atoms with E-state index in [4.69, 9.17) is 57.2 Å². The maximum Gasteiger partial charge on any atom is 0.408 e. The number of alkyl carbamates (subject to hydrolysis) is 1. The van der Waals surface area contributed by atoms with Crippen molar-refractivity contribution < 1.29 is 81.2 Å². The number of hydrogen-bond acceptors (Lipinski definition) is 16. The standard InChI is InChI=1S/C39H66N4O17/c1-50-11-12-51-13-14-52-15-16-53-17-18-54-19-20-55-21-22-56-23-24-57-25-26-58-27-28-59-32-36(45)40-10-6-5-9-34(38(48)42-29-35(44)41-30-37(46)47)43-39(49)60-31-33-7-3-2-4-8-33/h2-4,7-8,34H,5-6,9-32H2,1H3,(H,40,45)(H,41,44)(H,42,48)(H,43,49)(H,46,47)/t34-/m0/s1. The second-order valence-electron chi connectivity index (χ2n) is 12.4. The predicted molar refractivity (Wildman–Crippen MR) is 213 cm³/mol. The van der Waals surface area contributed by atoms with Crippen molar-refractivity contribution in [3.63, 3.8) is 0 Å². The fraction of sp³-hybridized carbons (Fsp3) is 0.718. The molecular weight excluding hydrogens is 796 g/mol. The van der Waals surface area contributed by atoms with Crippen LogP contribution in [0.25, 0.3) is 0 Å². The third-order valence-electron chi connectivity index (χ3n) is 7.56. The molecule has 0 unspecified atom stereocenters. The van der Waals surface area contributed by atoms with E-state index in [-0.39, 0.29) is 38.8 Å². The smallest absolute Gasteiger partial charge is 0.408 e. The van der Waals surface area contributed by atoms with Gasteiger partial charge in [-0.1, -0.05) is 30.3 Å². The minimum absolute atomic E-state index is 0.00951. The van der Waals surface area contributed by atoms with Crippen molar-refractivity contribution in [2.45, 2.75) is 31.9 Å². The molecule has 0 fully saturated rings. The molecule has 21 nitrogen and oxygen atoms in total. The Morgan fingerprint density at radius 1 is 0.550 bits per heavy atom. The lowest BCUT2D eigenvalue weighted by Gasteiger charge is -2.18. The van der Waals surface area contributed by atoms with Gasteiger partial charge in [0.25, 0.3) is 0 Å². The largest absolute Gasteiger partial charge is 0.480 e. The molecule has 5 N–H and O–H groups in total. The molecule has 0 aromatic heterocycles. The Morgan fingerprint density at radius 2 is 1.02 bits per heavy atom. The molecule has 344 valence electrons. The Balaban J connectivity index is 1.97. The van der Waals surface area contributed by atoms with Gasteiger partial charge in [-0.05, 0) is 24.8 Å². The number of carbonyl (C=O) groups is 5. The molecule has 60 heavy (non-hydrogen) atoms. The number of rotatable bonds is 42. The Labute approximate surface area is 352 Å². The number of amides is 4. The molecule has 0 spiro atoms. The van der Waals surface area contributed by atoms with Crippen molar-refractivity contribution in [2.75, 3.05) is 152 Å². The molecule has 1 aromatic rings. The van der Waals surface area contributed by atoms with Crippen LogP contribution in [0.15, 0.2) is 30.3 Å². The molecule has 0 aliphatic heterocycles. The van der Waals surface area contributed by atoms with Gasteiger partial charge < -0.3 is 78.5 Å². The molecule has 0 aliphatic carbocycles. The minimum atomic E-state index is -1.23. The van der Waals surface area contributed by atoms with Gasteiger partial charge in [-0.25, -0.2) is 4.79 Å². The summed E-state index contributed by atoms with van der Waals surface area (Å²) in [6.45, 7) is 7.12. The van der Waals surface area contributed by atoms with Gasteiger partial charge in [0.1, 0.15) is 25.8 Å². The third kappa shape index (κ3) is 35.9. The van der Waals surface area contributed by atoms with Crippen LogP contribution in [0.2, 0.25) is 0 Å². The first-order valence-electron chi connectivity index (χ1n) is 20.0. The van der Waals surface area contributed by atoms with Crippen molar-refractivity contribution in [2.24, 2.45) is 0 Å². The Hall–Kier alpha value is -4.03. The number of benzene rings is 1. The van der Waals surface area contributed by atoms with E-state index < -0.39 is 43.0 Å². The fourth-order valence-electron chi connectivity index (χ4n) is 4.52. The molecule has 0 saturated heterocycles.